The largest absolute Gasteiger partial charge is 0.482 e. The van der Waals surface area contributed by atoms with E-state index in [0.29, 0.717) is 24.6 Å². The Bertz CT molecular complexity index is 720. The molecule has 2 aromatic rings. The molecule has 0 unspecified atom stereocenters. The van der Waals surface area contributed by atoms with Crippen LogP contribution in [-0.4, -0.2) is 35.3 Å². The fourth-order valence-corrected chi connectivity index (χ4v) is 2.60. The number of hydrogen-bond donors (Lipinski definition) is 2. The molecule has 0 bridgehead atoms. The Labute approximate surface area is 152 Å². The van der Waals surface area contributed by atoms with E-state index in [1.807, 2.05) is 12.1 Å². The lowest BCUT2D eigenvalue weighted by atomic mass is 9.99. The predicted molar refractivity (Wildman–Crippen MR) is 95.4 cm³/mol. The Morgan fingerprint density at radius 1 is 1.23 bits per heavy atom. The molecule has 2 N–H and O–H groups in total. The van der Waals surface area contributed by atoms with Gasteiger partial charge in [0.15, 0.2) is 6.61 Å². The summed E-state index contributed by atoms with van der Waals surface area (Å²) in [6.07, 6.45) is 2.55. The number of ether oxygens (including phenoxy) is 1. The quantitative estimate of drug-likeness (QED) is 0.675. The van der Waals surface area contributed by atoms with Crippen LogP contribution in [0.5, 0.6) is 5.75 Å². The molecule has 0 aliphatic rings. The maximum absolute atomic E-state index is 12.1. The Morgan fingerprint density at radius 3 is 2.54 bits per heavy atom. The second-order valence-corrected chi connectivity index (χ2v) is 5.96. The van der Waals surface area contributed by atoms with Gasteiger partial charge in [0.1, 0.15) is 5.75 Å². The minimum absolute atomic E-state index is 0.226. The van der Waals surface area contributed by atoms with Gasteiger partial charge in [0.2, 0.25) is 5.76 Å². The number of amides is 1. The van der Waals surface area contributed by atoms with Crippen molar-refractivity contribution in [1.82, 2.24) is 10.5 Å². The predicted octanol–water partition coefficient (Wildman–Crippen LogP) is 3.01. The summed E-state index contributed by atoms with van der Waals surface area (Å²) >= 11 is 0. The number of aromatic nitrogens is 1. The molecule has 1 amide bonds. The number of rotatable bonds is 10. The van der Waals surface area contributed by atoms with Crippen molar-refractivity contribution >= 4 is 11.9 Å². The Balaban J connectivity index is 1.80. The highest BCUT2D eigenvalue weighted by molar-refractivity contribution is 5.91. The molecule has 1 aromatic carbocycles. The molecule has 1 heterocycles. The lowest BCUT2D eigenvalue weighted by Crippen LogP contribution is -2.25. The van der Waals surface area contributed by atoms with E-state index < -0.39 is 5.97 Å². The van der Waals surface area contributed by atoms with E-state index in [4.69, 9.17) is 14.4 Å². The maximum Gasteiger partial charge on any atom is 0.341 e. The number of aliphatic carboxylic acids is 1. The van der Waals surface area contributed by atoms with Gasteiger partial charge in [-0.15, -0.1) is 0 Å². The van der Waals surface area contributed by atoms with Gasteiger partial charge in [-0.05, 0) is 37.0 Å². The molecule has 0 atom stereocenters. The first kappa shape index (κ1) is 19.5. The fourth-order valence-electron chi connectivity index (χ4n) is 2.60. The van der Waals surface area contributed by atoms with Crippen LogP contribution < -0.4 is 10.1 Å². The van der Waals surface area contributed by atoms with Gasteiger partial charge >= 0.3 is 5.97 Å². The summed E-state index contributed by atoms with van der Waals surface area (Å²) < 4.78 is 10.2. The summed E-state index contributed by atoms with van der Waals surface area (Å²) in [5.41, 5.74) is 1.82. The van der Waals surface area contributed by atoms with Crippen LogP contribution >= 0.6 is 0 Å². The van der Waals surface area contributed by atoms with E-state index in [1.165, 1.54) is 0 Å². The van der Waals surface area contributed by atoms with Gasteiger partial charge in [-0.3, -0.25) is 4.79 Å². The maximum atomic E-state index is 12.1. The van der Waals surface area contributed by atoms with Crippen LogP contribution in [0.2, 0.25) is 0 Å². The third-order valence-electron chi connectivity index (χ3n) is 4.14. The summed E-state index contributed by atoms with van der Waals surface area (Å²) in [7, 11) is 0. The van der Waals surface area contributed by atoms with Crippen LogP contribution in [-0.2, 0) is 11.2 Å². The smallest absolute Gasteiger partial charge is 0.341 e. The summed E-state index contributed by atoms with van der Waals surface area (Å²) in [4.78, 5) is 22.6. The second-order valence-electron chi connectivity index (χ2n) is 5.96. The molecule has 1 aromatic heterocycles. The number of carbonyl (C=O) groups is 2. The summed E-state index contributed by atoms with van der Waals surface area (Å²) in [6.45, 7) is 4.25. The Hall–Kier alpha value is -2.83. The SMILES string of the molecule is CCC(CC)c1cc(C(=O)NCCc2ccc(OCC(=O)O)cc2)on1. The summed E-state index contributed by atoms with van der Waals surface area (Å²) in [6, 6.07) is 8.80. The molecule has 26 heavy (non-hydrogen) atoms. The van der Waals surface area contributed by atoms with Crippen molar-refractivity contribution in [3.63, 3.8) is 0 Å². The first-order chi connectivity index (χ1) is 12.5. The zero-order valence-corrected chi connectivity index (χ0v) is 15.0. The topological polar surface area (TPSA) is 102 Å². The highest BCUT2D eigenvalue weighted by Gasteiger charge is 2.17. The molecule has 0 saturated heterocycles. The highest BCUT2D eigenvalue weighted by atomic mass is 16.5. The Morgan fingerprint density at radius 2 is 1.92 bits per heavy atom. The molecule has 0 spiro atoms. The molecule has 140 valence electrons. The number of nitrogens with one attached hydrogen (secondary N) is 1. The number of hydrogen-bond acceptors (Lipinski definition) is 5. The molecule has 7 heteroatoms. The van der Waals surface area contributed by atoms with Crippen molar-refractivity contribution in [3.8, 4) is 5.75 Å². The van der Waals surface area contributed by atoms with E-state index in [-0.39, 0.29) is 18.3 Å². The molecule has 0 aliphatic heterocycles. The lowest BCUT2D eigenvalue weighted by Gasteiger charge is -2.06. The molecule has 2 rings (SSSR count). The number of carboxylic acid groups (broad SMARTS) is 1. The van der Waals surface area contributed by atoms with Gasteiger partial charge in [0.25, 0.3) is 5.91 Å². The number of nitrogens with zero attached hydrogens (tertiary/aromatic N) is 1. The van der Waals surface area contributed by atoms with Crippen LogP contribution in [0.15, 0.2) is 34.9 Å². The molecular weight excluding hydrogens is 336 g/mol. The normalized spacial score (nSPS) is 10.7. The number of benzene rings is 1. The van der Waals surface area contributed by atoms with Crippen LogP contribution in [0.25, 0.3) is 0 Å². The van der Waals surface area contributed by atoms with Crippen molar-refractivity contribution in [2.75, 3.05) is 13.2 Å². The number of carboxylic acids is 1. The van der Waals surface area contributed by atoms with E-state index in [1.54, 1.807) is 18.2 Å². The lowest BCUT2D eigenvalue weighted by molar-refractivity contribution is -0.139. The number of carbonyl (C=O) groups excluding carboxylic acids is 1. The van der Waals surface area contributed by atoms with Crippen LogP contribution in [0, 0.1) is 0 Å². The van der Waals surface area contributed by atoms with E-state index in [0.717, 1.165) is 24.1 Å². The third-order valence-corrected chi connectivity index (χ3v) is 4.14. The molecule has 0 radical (unpaired) electrons. The van der Waals surface area contributed by atoms with E-state index in [9.17, 15) is 9.59 Å². The van der Waals surface area contributed by atoms with Crippen LogP contribution in [0.3, 0.4) is 0 Å². The first-order valence-corrected chi connectivity index (χ1v) is 8.71. The van der Waals surface area contributed by atoms with Crippen molar-refractivity contribution in [2.24, 2.45) is 0 Å². The minimum atomic E-state index is -1.02. The van der Waals surface area contributed by atoms with Gasteiger partial charge in [-0.1, -0.05) is 31.1 Å². The first-order valence-electron chi connectivity index (χ1n) is 8.71. The van der Waals surface area contributed by atoms with Crippen molar-refractivity contribution in [3.05, 3.63) is 47.3 Å². The zero-order chi connectivity index (χ0) is 18.9. The molecule has 0 saturated carbocycles. The van der Waals surface area contributed by atoms with Gasteiger partial charge in [0, 0.05) is 18.5 Å². The van der Waals surface area contributed by atoms with Gasteiger partial charge in [0.05, 0.1) is 5.69 Å². The molecular formula is C19H24N2O5. The Kier molecular flexibility index (Phi) is 7.20. The third kappa shape index (κ3) is 5.61. The van der Waals surface area contributed by atoms with Crippen molar-refractivity contribution < 1.29 is 24.0 Å². The van der Waals surface area contributed by atoms with Gasteiger partial charge in [-0.2, -0.15) is 0 Å². The molecule has 0 fully saturated rings. The average Bonchev–Trinajstić information content (AvgIpc) is 3.12. The van der Waals surface area contributed by atoms with Crippen molar-refractivity contribution in [2.45, 2.75) is 39.0 Å². The van der Waals surface area contributed by atoms with Crippen LogP contribution in [0.4, 0.5) is 0 Å². The summed E-state index contributed by atoms with van der Waals surface area (Å²) in [5, 5.41) is 15.4. The molecule has 7 nitrogen and oxygen atoms in total. The van der Waals surface area contributed by atoms with Crippen molar-refractivity contribution in [1.29, 1.82) is 0 Å². The van der Waals surface area contributed by atoms with Gasteiger partial charge < -0.3 is 19.7 Å². The fraction of sp³-hybridized carbons (Fsp3) is 0.421. The standard InChI is InChI=1S/C19H24N2O5/c1-3-14(4-2)16-11-17(26-21-16)19(24)20-10-9-13-5-7-15(8-6-13)25-12-18(22)23/h5-8,11,14H,3-4,9-10,12H2,1-2H3,(H,20,24)(H,22,23). The van der Waals surface area contributed by atoms with Crippen LogP contribution in [0.1, 0.15) is 54.4 Å². The van der Waals surface area contributed by atoms with Gasteiger partial charge in [-0.25, -0.2) is 4.79 Å². The molecule has 0 aliphatic carbocycles. The van der Waals surface area contributed by atoms with E-state index >= 15 is 0 Å². The average molecular weight is 360 g/mol. The highest BCUT2D eigenvalue weighted by Crippen LogP contribution is 2.22. The monoisotopic (exact) mass is 360 g/mol. The zero-order valence-electron chi connectivity index (χ0n) is 15.0. The second kappa shape index (κ2) is 9.60. The van der Waals surface area contributed by atoms with E-state index in [2.05, 4.69) is 24.3 Å². The summed E-state index contributed by atoms with van der Waals surface area (Å²) in [5.74, 6) is -0.269. The minimum Gasteiger partial charge on any atom is -0.482 e.